The number of anilines is 1. The molecule has 0 aromatic heterocycles. The second kappa shape index (κ2) is 6.70. The summed E-state index contributed by atoms with van der Waals surface area (Å²) in [5, 5.41) is 5.78. The molecule has 124 valence electrons. The van der Waals surface area contributed by atoms with Crippen LogP contribution in [-0.4, -0.2) is 45.9 Å². The van der Waals surface area contributed by atoms with Gasteiger partial charge in [0.2, 0.25) is 5.91 Å². The van der Waals surface area contributed by atoms with Gasteiger partial charge in [0.15, 0.2) is 0 Å². The van der Waals surface area contributed by atoms with Gasteiger partial charge in [0, 0.05) is 40.2 Å². The minimum Gasteiger partial charge on any atom is -0.352 e. The van der Waals surface area contributed by atoms with Crippen molar-refractivity contribution in [1.82, 2.24) is 10.2 Å². The second-order valence-electron chi connectivity index (χ2n) is 6.04. The summed E-state index contributed by atoms with van der Waals surface area (Å²) < 4.78 is 11.4. The number of rotatable bonds is 4. The normalized spacial score (nSPS) is 21.8. The fraction of sp³-hybridized carbons (Fsp3) is 0.500. The summed E-state index contributed by atoms with van der Waals surface area (Å²) in [7, 11) is -1.04. The molecule has 0 bridgehead atoms. The first-order valence-electron chi connectivity index (χ1n) is 7.86. The average Bonchev–Trinajstić information content (AvgIpc) is 3.19. The number of benzene rings is 1. The zero-order chi connectivity index (χ0) is 16.4. The number of hydrogen-bond acceptors (Lipinski definition) is 3. The molecule has 1 aliphatic heterocycles. The van der Waals surface area contributed by atoms with Crippen LogP contribution >= 0.6 is 0 Å². The van der Waals surface area contributed by atoms with Gasteiger partial charge in [-0.05, 0) is 49.9 Å². The Balaban J connectivity index is 1.61. The second-order valence-corrected chi connectivity index (χ2v) is 7.42. The summed E-state index contributed by atoms with van der Waals surface area (Å²) >= 11 is 0. The Kier molecular flexibility index (Phi) is 4.66. The first-order valence-corrected chi connectivity index (χ1v) is 9.42. The van der Waals surface area contributed by atoms with Crippen molar-refractivity contribution >= 4 is 28.4 Å². The SMILES string of the molecule is C[S@@](=O)c1ccc(NC(=O)N2CCC[C@H]2C(=O)NC2CC2)cc1. The molecule has 2 atom stereocenters. The number of nitrogens with one attached hydrogen (secondary N) is 2. The van der Waals surface area contributed by atoms with Crippen LogP contribution < -0.4 is 10.6 Å². The van der Waals surface area contributed by atoms with Gasteiger partial charge in [0.25, 0.3) is 0 Å². The number of carbonyl (C=O) groups is 2. The van der Waals surface area contributed by atoms with Crippen LogP contribution in [0.15, 0.2) is 29.2 Å². The van der Waals surface area contributed by atoms with Gasteiger partial charge < -0.3 is 15.5 Å². The van der Waals surface area contributed by atoms with E-state index in [1.54, 1.807) is 35.4 Å². The summed E-state index contributed by atoms with van der Waals surface area (Å²) in [6.45, 7) is 0.589. The summed E-state index contributed by atoms with van der Waals surface area (Å²) in [4.78, 5) is 27.0. The van der Waals surface area contributed by atoms with Crippen molar-refractivity contribution in [1.29, 1.82) is 0 Å². The van der Waals surface area contributed by atoms with Crippen molar-refractivity contribution in [2.24, 2.45) is 0 Å². The summed E-state index contributed by atoms with van der Waals surface area (Å²) in [5.41, 5.74) is 0.637. The summed E-state index contributed by atoms with van der Waals surface area (Å²) in [6, 6.07) is 6.57. The van der Waals surface area contributed by atoms with Gasteiger partial charge in [0.1, 0.15) is 6.04 Å². The Bertz CT molecular complexity index is 628. The van der Waals surface area contributed by atoms with Crippen molar-refractivity contribution in [3.05, 3.63) is 24.3 Å². The molecule has 1 aromatic carbocycles. The Morgan fingerprint density at radius 3 is 2.48 bits per heavy atom. The topological polar surface area (TPSA) is 78.5 Å². The highest BCUT2D eigenvalue weighted by atomic mass is 32.2. The van der Waals surface area contributed by atoms with Crippen molar-refractivity contribution in [3.8, 4) is 0 Å². The van der Waals surface area contributed by atoms with Crippen LogP contribution in [0.4, 0.5) is 10.5 Å². The molecular formula is C16H21N3O3S. The third-order valence-electron chi connectivity index (χ3n) is 4.18. The van der Waals surface area contributed by atoms with E-state index in [1.165, 1.54) is 0 Å². The van der Waals surface area contributed by atoms with Crippen molar-refractivity contribution in [2.45, 2.75) is 42.7 Å². The Morgan fingerprint density at radius 1 is 1.17 bits per heavy atom. The molecule has 3 rings (SSSR count). The Morgan fingerprint density at radius 2 is 1.87 bits per heavy atom. The Labute approximate surface area is 138 Å². The highest BCUT2D eigenvalue weighted by Crippen LogP contribution is 2.23. The lowest BCUT2D eigenvalue weighted by Crippen LogP contribution is -2.47. The summed E-state index contributed by atoms with van der Waals surface area (Å²) in [6.07, 6.45) is 5.23. The number of likely N-dealkylation sites (tertiary alicyclic amines) is 1. The minimum absolute atomic E-state index is 0.0446. The molecule has 23 heavy (non-hydrogen) atoms. The highest BCUT2D eigenvalue weighted by Gasteiger charge is 2.36. The van der Waals surface area contributed by atoms with Gasteiger partial charge in [-0.2, -0.15) is 0 Å². The van der Waals surface area contributed by atoms with Crippen LogP contribution in [0.3, 0.4) is 0 Å². The number of urea groups is 1. The van der Waals surface area contributed by atoms with Gasteiger partial charge in [0.05, 0.1) is 0 Å². The van der Waals surface area contributed by atoms with Crippen LogP contribution in [0.5, 0.6) is 0 Å². The average molecular weight is 335 g/mol. The molecule has 1 saturated heterocycles. The van der Waals surface area contributed by atoms with Crippen LogP contribution in [0.2, 0.25) is 0 Å². The lowest BCUT2D eigenvalue weighted by Gasteiger charge is -2.24. The van der Waals surface area contributed by atoms with E-state index < -0.39 is 10.8 Å². The lowest BCUT2D eigenvalue weighted by atomic mass is 10.2. The van der Waals surface area contributed by atoms with Crippen LogP contribution in [0, 0.1) is 0 Å². The maximum absolute atomic E-state index is 12.4. The molecule has 2 fully saturated rings. The number of hydrogen-bond donors (Lipinski definition) is 2. The van der Waals surface area contributed by atoms with E-state index in [0.29, 0.717) is 29.6 Å². The van der Waals surface area contributed by atoms with E-state index in [2.05, 4.69) is 10.6 Å². The Hall–Kier alpha value is -1.89. The molecule has 1 aliphatic carbocycles. The number of carbonyl (C=O) groups excluding carboxylic acids is 2. The fourth-order valence-electron chi connectivity index (χ4n) is 2.73. The molecule has 1 heterocycles. The van der Waals surface area contributed by atoms with Crippen molar-refractivity contribution in [3.63, 3.8) is 0 Å². The molecule has 0 radical (unpaired) electrons. The van der Waals surface area contributed by atoms with Gasteiger partial charge >= 0.3 is 6.03 Å². The zero-order valence-corrected chi connectivity index (χ0v) is 13.9. The molecule has 3 amide bonds. The first kappa shape index (κ1) is 16.0. The van der Waals surface area contributed by atoms with Crippen LogP contribution in [0.25, 0.3) is 0 Å². The van der Waals surface area contributed by atoms with E-state index in [9.17, 15) is 13.8 Å². The van der Waals surface area contributed by atoms with Crippen molar-refractivity contribution in [2.75, 3.05) is 18.1 Å². The molecule has 0 unspecified atom stereocenters. The predicted molar refractivity (Wildman–Crippen MR) is 88.7 cm³/mol. The van der Waals surface area contributed by atoms with Gasteiger partial charge in [-0.1, -0.05) is 0 Å². The quantitative estimate of drug-likeness (QED) is 0.879. The van der Waals surface area contributed by atoms with E-state index in [4.69, 9.17) is 0 Å². The van der Waals surface area contributed by atoms with Crippen LogP contribution in [0.1, 0.15) is 25.7 Å². The predicted octanol–water partition coefficient (Wildman–Crippen LogP) is 1.70. The van der Waals surface area contributed by atoms with Crippen molar-refractivity contribution < 1.29 is 13.8 Å². The zero-order valence-electron chi connectivity index (χ0n) is 13.1. The molecular weight excluding hydrogens is 314 g/mol. The smallest absolute Gasteiger partial charge is 0.322 e. The van der Waals surface area contributed by atoms with E-state index >= 15 is 0 Å². The number of amides is 3. The molecule has 1 aromatic rings. The molecule has 2 N–H and O–H groups in total. The molecule has 0 spiro atoms. The first-order chi connectivity index (χ1) is 11.0. The fourth-order valence-corrected chi connectivity index (χ4v) is 3.25. The molecule has 6 nitrogen and oxygen atoms in total. The lowest BCUT2D eigenvalue weighted by molar-refractivity contribution is -0.124. The van der Waals surface area contributed by atoms with Crippen LogP contribution in [-0.2, 0) is 15.6 Å². The molecule has 1 saturated carbocycles. The standard InChI is InChI=1S/C16H21N3O3S/c1-23(22)13-8-6-12(7-9-13)18-16(21)19-10-2-3-14(19)15(20)17-11-4-5-11/h6-9,11,14H,2-5,10H2,1H3,(H,17,20)(H,18,21)/t14-,23+/m0/s1. The van der Waals surface area contributed by atoms with E-state index in [1.807, 2.05) is 0 Å². The van der Waals surface area contributed by atoms with E-state index in [0.717, 1.165) is 19.3 Å². The van der Waals surface area contributed by atoms with Gasteiger partial charge in [-0.3, -0.25) is 9.00 Å². The molecule has 2 aliphatic rings. The summed E-state index contributed by atoms with van der Waals surface area (Å²) in [5.74, 6) is -0.0446. The maximum atomic E-state index is 12.4. The number of nitrogens with zero attached hydrogens (tertiary/aromatic N) is 1. The minimum atomic E-state index is -1.04. The largest absolute Gasteiger partial charge is 0.352 e. The third kappa shape index (κ3) is 3.90. The highest BCUT2D eigenvalue weighted by molar-refractivity contribution is 7.84. The maximum Gasteiger partial charge on any atom is 0.322 e. The van der Waals surface area contributed by atoms with Gasteiger partial charge in [-0.25, -0.2) is 4.79 Å². The monoisotopic (exact) mass is 335 g/mol. The van der Waals surface area contributed by atoms with Gasteiger partial charge in [-0.15, -0.1) is 0 Å². The molecule has 7 heteroatoms. The van der Waals surface area contributed by atoms with E-state index in [-0.39, 0.29) is 18.0 Å². The third-order valence-corrected chi connectivity index (χ3v) is 5.11.